The summed E-state index contributed by atoms with van der Waals surface area (Å²) in [4.78, 5) is 7.11. The molecule has 1 saturated heterocycles. The summed E-state index contributed by atoms with van der Waals surface area (Å²) in [5.41, 5.74) is 5.06. The molecule has 1 aromatic carbocycles. The maximum Gasteiger partial charge on any atom is 0.0709 e. The van der Waals surface area contributed by atoms with Gasteiger partial charge < -0.3 is 4.90 Å². The van der Waals surface area contributed by atoms with Crippen LogP contribution < -0.4 is 4.90 Å². The minimum atomic E-state index is 0.678. The van der Waals surface area contributed by atoms with Crippen molar-refractivity contribution in [1.82, 2.24) is 4.98 Å². The van der Waals surface area contributed by atoms with Crippen molar-refractivity contribution in [3.63, 3.8) is 0 Å². The average Bonchev–Trinajstić information content (AvgIpc) is 2.26. The van der Waals surface area contributed by atoms with Crippen LogP contribution in [0.5, 0.6) is 0 Å². The fourth-order valence-corrected chi connectivity index (χ4v) is 2.81. The van der Waals surface area contributed by atoms with E-state index in [0.717, 1.165) is 17.6 Å². The first-order chi connectivity index (χ1) is 9.13. The summed E-state index contributed by atoms with van der Waals surface area (Å²) in [5, 5.41) is 1.34. The van der Waals surface area contributed by atoms with Crippen molar-refractivity contribution in [1.29, 1.82) is 0 Å². The van der Waals surface area contributed by atoms with Gasteiger partial charge in [0.15, 0.2) is 0 Å². The van der Waals surface area contributed by atoms with Crippen molar-refractivity contribution in [2.24, 2.45) is 5.92 Å². The lowest BCUT2D eigenvalue weighted by Crippen LogP contribution is -2.36. The van der Waals surface area contributed by atoms with Crippen molar-refractivity contribution in [3.05, 3.63) is 35.5 Å². The van der Waals surface area contributed by atoms with Crippen LogP contribution in [-0.4, -0.2) is 18.1 Å². The van der Waals surface area contributed by atoms with Gasteiger partial charge in [-0.05, 0) is 55.5 Å². The van der Waals surface area contributed by atoms with Crippen LogP contribution in [0.4, 0.5) is 5.69 Å². The van der Waals surface area contributed by atoms with Gasteiger partial charge in [-0.15, -0.1) is 0 Å². The lowest BCUT2D eigenvalue weighted by atomic mass is 9.98. The molecule has 2 aromatic rings. The zero-order valence-corrected chi connectivity index (χ0v) is 12.1. The second-order valence-corrected chi connectivity index (χ2v) is 6.06. The molecule has 2 heterocycles. The van der Waals surface area contributed by atoms with Gasteiger partial charge in [-0.25, -0.2) is 0 Å². The highest BCUT2D eigenvalue weighted by Gasteiger charge is 2.15. The van der Waals surface area contributed by atoms with Crippen LogP contribution in [0.3, 0.4) is 0 Å². The molecule has 0 bridgehead atoms. The number of rotatable bonds is 3. The number of anilines is 1. The first kappa shape index (κ1) is 12.5. The van der Waals surface area contributed by atoms with E-state index in [2.05, 4.69) is 54.9 Å². The number of benzene rings is 1. The van der Waals surface area contributed by atoms with Crippen LogP contribution in [-0.2, 0) is 6.42 Å². The fraction of sp³-hybridized carbons (Fsp3) is 0.471. The average molecular weight is 254 g/mol. The summed E-state index contributed by atoms with van der Waals surface area (Å²) in [6.07, 6.45) is 2.45. The molecular weight excluding hydrogens is 232 g/mol. The number of fused-ring (bicyclic) bond motifs is 1. The van der Waals surface area contributed by atoms with Gasteiger partial charge in [-0.3, -0.25) is 4.98 Å². The Morgan fingerprint density at radius 1 is 1.21 bits per heavy atom. The number of pyridine rings is 1. The van der Waals surface area contributed by atoms with E-state index in [4.69, 9.17) is 0 Å². The molecule has 2 heteroatoms. The first-order valence-corrected chi connectivity index (χ1v) is 7.29. The number of hydrogen-bond donors (Lipinski definition) is 0. The summed E-state index contributed by atoms with van der Waals surface area (Å²) in [5.74, 6) is 0.678. The van der Waals surface area contributed by atoms with E-state index in [1.54, 1.807) is 0 Å². The molecule has 1 aromatic heterocycles. The van der Waals surface area contributed by atoms with Crippen molar-refractivity contribution < 1.29 is 0 Å². The Bertz CT molecular complexity index is 597. The Kier molecular flexibility index (Phi) is 3.17. The molecule has 3 rings (SSSR count). The topological polar surface area (TPSA) is 16.1 Å². The van der Waals surface area contributed by atoms with E-state index in [9.17, 15) is 0 Å². The highest BCUT2D eigenvalue weighted by molar-refractivity contribution is 5.86. The first-order valence-electron chi connectivity index (χ1n) is 7.29. The van der Waals surface area contributed by atoms with Gasteiger partial charge >= 0.3 is 0 Å². The third-order valence-corrected chi connectivity index (χ3v) is 3.86. The third kappa shape index (κ3) is 2.44. The van der Waals surface area contributed by atoms with Gasteiger partial charge in [0, 0.05) is 29.9 Å². The monoisotopic (exact) mass is 254 g/mol. The van der Waals surface area contributed by atoms with Crippen LogP contribution in [0, 0.1) is 12.8 Å². The molecule has 19 heavy (non-hydrogen) atoms. The molecule has 0 saturated carbocycles. The predicted octanol–water partition coefficient (Wildman–Crippen LogP) is 3.95. The molecule has 1 fully saturated rings. The summed E-state index contributed by atoms with van der Waals surface area (Å²) < 4.78 is 0. The molecule has 0 atom stereocenters. The molecule has 0 spiro atoms. The zero-order chi connectivity index (χ0) is 13.4. The summed E-state index contributed by atoms with van der Waals surface area (Å²) in [7, 11) is 0. The van der Waals surface area contributed by atoms with E-state index in [0.29, 0.717) is 5.92 Å². The van der Waals surface area contributed by atoms with Gasteiger partial charge in [-0.1, -0.05) is 13.8 Å². The van der Waals surface area contributed by atoms with Gasteiger partial charge in [0.25, 0.3) is 0 Å². The van der Waals surface area contributed by atoms with Gasteiger partial charge in [-0.2, -0.15) is 0 Å². The van der Waals surface area contributed by atoms with Crippen LogP contribution in [0.2, 0.25) is 0 Å². The van der Waals surface area contributed by atoms with Gasteiger partial charge in [0.05, 0.1) is 5.52 Å². The van der Waals surface area contributed by atoms with Crippen LogP contribution >= 0.6 is 0 Å². The SMILES string of the molecule is Cc1cc(CC(C)C)c2cc(N3CCC3)ccc2n1. The van der Waals surface area contributed by atoms with Crippen molar-refractivity contribution in [3.8, 4) is 0 Å². The number of nitrogens with zero attached hydrogens (tertiary/aromatic N) is 2. The largest absolute Gasteiger partial charge is 0.371 e. The molecule has 1 aliphatic heterocycles. The van der Waals surface area contributed by atoms with Gasteiger partial charge in [0.2, 0.25) is 0 Å². The van der Waals surface area contributed by atoms with Crippen molar-refractivity contribution >= 4 is 16.6 Å². The lowest BCUT2D eigenvalue weighted by molar-refractivity contribution is 0.618. The summed E-state index contributed by atoms with van der Waals surface area (Å²) >= 11 is 0. The van der Waals surface area contributed by atoms with E-state index in [1.807, 2.05) is 0 Å². The maximum atomic E-state index is 4.67. The van der Waals surface area contributed by atoms with E-state index in [-0.39, 0.29) is 0 Å². The Morgan fingerprint density at radius 3 is 2.63 bits per heavy atom. The minimum absolute atomic E-state index is 0.678. The van der Waals surface area contributed by atoms with E-state index in [1.165, 1.54) is 36.1 Å². The Hall–Kier alpha value is -1.57. The number of aromatic nitrogens is 1. The quantitative estimate of drug-likeness (QED) is 0.824. The fourth-order valence-electron chi connectivity index (χ4n) is 2.81. The molecule has 100 valence electrons. The number of hydrogen-bond acceptors (Lipinski definition) is 2. The Morgan fingerprint density at radius 2 is 2.00 bits per heavy atom. The second-order valence-electron chi connectivity index (χ2n) is 6.06. The molecule has 0 amide bonds. The summed E-state index contributed by atoms with van der Waals surface area (Å²) in [6, 6.07) is 8.98. The van der Waals surface area contributed by atoms with Crippen LogP contribution in [0.15, 0.2) is 24.3 Å². The van der Waals surface area contributed by atoms with Crippen molar-refractivity contribution in [2.75, 3.05) is 18.0 Å². The highest BCUT2D eigenvalue weighted by Crippen LogP contribution is 2.28. The van der Waals surface area contributed by atoms with Crippen LogP contribution in [0.25, 0.3) is 10.9 Å². The Labute approximate surface area is 115 Å². The normalized spacial score (nSPS) is 15.1. The van der Waals surface area contributed by atoms with Crippen molar-refractivity contribution in [2.45, 2.75) is 33.6 Å². The van der Waals surface area contributed by atoms with Crippen LogP contribution in [0.1, 0.15) is 31.5 Å². The molecule has 2 nitrogen and oxygen atoms in total. The smallest absolute Gasteiger partial charge is 0.0709 e. The molecule has 0 aliphatic carbocycles. The summed E-state index contributed by atoms with van der Waals surface area (Å²) in [6.45, 7) is 9.04. The lowest BCUT2D eigenvalue weighted by Gasteiger charge is -2.33. The van der Waals surface area contributed by atoms with E-state index >= 15 is 0 Å². The van der Waals surface area contributed by atoms with Gasteiger partial charge in [0.1, 0.15) is 0 Å². The second kappa shape index (κ2) is 4.84. The minimum Gasteiger partial charge on any atom is -0.371 e. The predicted molar refractivity (Wildman–Crippen MR) is 81.9 cm³/mol. The number of aryl methyl sites for hydroxylation is 1. The van der Waals surface area contributed by atoms with E-state index < -0.39 is 0 Å². The molecule has 0 N–H and O–H groups in total. The molecular formula is C17H22N2. The highest BCUT2D eigenvalue weighted by atomic mass is 15.2. The standard InChI is InChI=1S/C17H22N2/c1-12(2)9-14-10-13(3)18-17-6-5-15(11-16(14)17)19-7-4-8-19/h5-6,10-12H,4,7-9H2,1-3H3. The molecule has 0 radical (unpaired) electrons. The zero-order valence-electron chi connectivity index (χ0n) is 12.1. The Balaban J connectivity index is 2.10. The maximum absolute atomic E-state index is 4.67. The molecule has 0 unspecified atom stereocenters. The molecule has 1 aliphatic rings. The third-order valence-electron chi connectivity index (χ3n) is 3.86.